The first-order valence-corrected chi connectivity index (χ1v) is 8.49. The molecule has 0 radical (unpaired) electrons. The van der Waals surface area contributed by atoms with Gasteiger partial charge in [0.2, 0.25) is 0 Å². The summed E-state index contributed by atoms with van der Waals surface area (Å²) >= 11 is 5.95. The SMILES string of the molecule is C=COCCN(CCC(=C)c1ccc(Cl)cc1)Cc1ccccc1. The summed E-state index contributed by atoms with van der Waals surface area (Å²) < 4.78 is 5.29. The summed E-state index contributed by atoms with van der Waals surface area (Å²) in [4.78, 5) is 2.37. The van der Waals surface area contributed by atoms with E-state index in [2.05, 4.69) is 42.3 Å². The van der Waals surface area contributed by atoms with Crippen LogP contribution in [0.25, 0.3) is 5.57 Å². The van der Waals surface area contributed by atoms with Crippen molar-refractivity contribution in [1.82, 2.24) is 4.90 Å². The van der Waals surface area contributed by atoms with E-state index in [0.29, 0.717) is 6.61 Å². The highest BCUT2D eigenvalue weighted by atomic mass is 35.5. The zero-order valence-corrected chi connectivity index (χ0v) is 14.7. The molecule has 24 heavy (non-hydrogen) atoms. The fraction of sp³-hybridized carbons (Fsp3) is 0.238. The predicted molar refractivity (Wildman–Crippen MR) is 103 cm³/mol. The number of benzene rings is 2. The van der Waals surface area contributed by atoms with Crippen LogP contribution in [-0.4, -0.2) is 24.6 Å². The molecule has 0 amide bonds. The maximum atomic E-state index is 5.95. The first-order valence-electron chi connectivity index (χ1n) is 8.11. The predicted octanol–water partition coefficient (Wildman–Crippen LogP) is 5.41. The molecule has 2 aromatic rings. The minimum absolute atomic E-state index is 0.643. The highest BCUT2D eigenvalue weighted by Crippen LogP contribution is 2.19. The lowest BCUT2D eigenvalue weighted by Gasteiger charge is -2.22. The van der Waals surface area contributed by atoms with Gasteiger partial charge in [-0.15, -0.1) is 0 Å². The van der Waals surface area contributed by atoms with Crippen LogP contribution in [0.1, 0.15) is 17.5 Å². The molecule has 0 saturated heterocycles. The fourth-order valence-corrected chi connectivity index (χ4v) is 2.63. The van der Waals surface area contributed by atoms with Crippen molar-refractivity contribution in [3.63, 3.8) is 0 Å². The Morgan fingerprint density at radius 2 is 1.75 bits per heavy atom. The van der Waals surface area contributed by atoms with Crippen LogP contribution in [0.5, 0.6) is 0 Å². The van der Waals surface area contributed by atoms with Crippen LogP contribution in [0.2, 0.25) is 5.02 Å². The Morgan fingerprint density at radius 3 is 2.42 bits per heavy atom. The lowest BCUT2D eigenvalue weighted by molar-refractivity contribution is 0.175. The van der Waals surface area contributed by atoms with E-state index < -0.39 is 0 Å². The van der Waals surface area contributed by atoms with Crippen LogP contribution in [-0.2, 0) is 11.3 Å². The van der Waals surface area contributed by atoms with Gasteiger partial charge in [0.05, 0.1) is 12.9 Å². The van der Waals surface area contributed by atoms with E-state index in [1.165, 1.54) is 11.8 Å². The summed E-state index contributed by atoms with van der Waals surface area (Å²) in [6.45, 7) is 11.1. The summed E-state index contributed by atoms with van der Waals surface area (Å²) in [6.07, 6.45) is 2.40. The van der Waals surface area contributed by atoms with Crippen molar-refractivity contribution in [2.24, 2.45) is 0 Å². The quantitative estimate of drug-likeness (QED) is 0.423. The van der Waals surface area contributed by atoms with E-state index in [1.807, 2.05) is 30.3 Å². The molecule has 0 aliphatic carbocycles. The van der Waals surface area contributed by atoms with E-state index in [0.717, 1.165) is 42.2 Å². The molecule has 0 fully saturated rings. The second-order valence-electron chi connectivity index (χ2n) is 5.66. The molecule has 0 atom stereocenters. The highest BCUT2D eigenvalue weighted by molar-refractivity contribution is 6.30. The molecule has 3 heteroatoms. The van der Waals surface area contributed by atoms with Gasteiger partial charge in [-0.2, -0.15) is 0 Å². The average Bonchev–Trinajstić information content (AvgIpc) is 2.61. The van der Waals surface area contributed by atoms with Gasteiger partial charge in [0.15, 0.2) is 0 Å². The molecule has 0 N–H and O–H groups in total. The third kappa shape index (κ3) is 6.23. The molecule has 2 nitrogen and oxygen atoms in total. The van der Waals surface area contributed by atoms with Crippen LogP contribution in [0.4, 0.5) is 0 Å². The number of ether oxygens (including phenoxy) is 1. The summed E-state index contributed by atoms with van der Waals surface area (Å²) in [5, 5.41) is 0.749. The topological polar surface area (TPSA) is 12.5 Å². The van der Waals surface area contributed by atoms with Crippen LogP contribution < -0.4 is 0 Å². The standard InChI is InChI=1S/C21H24ClNO/c1-3-24-16-15-23(17-19-7-5-4-6-8-19)14-13-18(2)20-9-11-21(22)12-10-20/h3-12H,1-2,13-17H2. The van der Waals surface area contributed by atoms with Gasteiger partial charge in [-0.25, -0.2) is 0 Å². The van der Waals surface area contributed by atoms with Crippen molar-refractivity contribution in [1.29, 1.82) is 0 Å². The summed E-state index contributed by atoms with van der Waals surface area (Å²) in [6, 6.07) is 18.3. The molecule has 0 aromatic heterocycles. The number of nitrogens with zero attached hydrogens (tertiary/aromatic N) is 1. The summed E-state index contributed by atoms with van der Waals surface area (Å²) in [5.74, 6) is 0. The minimum Gasteiger partial charge on any atom is -0.500 e. The van der Waals surface area contributed by atoms with E-state index >= 15 is 0 Å². The van der Waals surface area contributed by atoms with Gasteiger partial charge in [-0.1, -0.05) is 67.2 Å². The van der Waals surface area contributed by atoms with Gasteiger partial charge in [-0.3, -0.25) is 4.90 Å². The molecule has 126 valence electrons. The van der Waals surface area contributed by atoms with E-state index in [4.69, 9.17) is 16.3 Å². The normalized spacial score (nSPS) is 10.6. The highest BCUT2D eigenvalue weighted by Gasteiger charge is 2.08. The van der Waals surface area contributed by atoms with Crippen LogP contribution in [0, 0.1) is 0 Å². The molecule has 0 saturated carbocycles. The molecule has 0 unspecified atom stereocenters. The van der Waals surface area contributed by atoms with E-state index in [1.54, 1.807) is 0 Å². The van der Waals surface area contributed by atoms with Gasteiger partial charge in [0.25, 0.3) is 0 Å². The Labute approximate surface area is 150 Å². The number of rotatable bonds is 10. The van der Waals surface area contributed by atoms with Crippen LogP contribution in [0.15, 0.2) is 74.0 Å². The van der Waals surface area contributed by atoms with Crippen molar-refractivity contribution in [3.05, 3.63) is 90.2 Å². The number of hydrogen-bond donors (Lipinski definition) is 0. The van der Waals surface area contributed by atoms with Crippen molar-refractivity contribution < 1.29 is 4.74 Å². The maximum absolute atomic E-state index is 5.95. The maximum Gasteiger partial charge on any atom is 0.0999 e. The van der Waals surface area contributed by atoms with Crippen molar-refractivity contribution in [2.45, 2.75) is 13.0 Å². The van der Waals surface area contributed by atoms with Crippen molar-refractivity contribution in [3.8, 4) is 0 Å². The lowest BCUT2D eigenvalue weighted by atomic mass is 10.0. The smallest absolute Gasteiger partial charge is 0.0999 e. The van der Waals surface area contributed by atoms with E-state index in [-0.39, 0.29) is 0 Å². The minimum atomic E-state index is 0.643. The van der Waals surface area contributed by atoms with Crippen LogP contribution >= 0.6 is 11.6 Å². The third-order valence-corrected chi connectivity index (χ3v) is 4.13. The Balaban J connectivity index is 1.92. The Kier molecular flexibility index (Phi) is 7.60. The zero-order valence-electron chi connectivity index (χ0n) is 14.0. The summed E-state index contributed by atoms with van der Waals surface area (Å²) in [5.41, 5.74) is 3.56. The van der Waals surface area contributed by atoms with Gasteiger partial charge in [0.1, 0.15) is 0 Å². The molecule has 0 aliphatic rings. The molecule has 2 aromatic carbocycles. The molecular weight excluding hydrogens is 318 g/mol. The first-order chi connectivity index (χ1) is 11.7. The average molecular weight is 342 g/mol. The van der Waals surface area contributed by atoms with Gasteiger partial charge in [-0.05, 0) is 35.3 Å². The van der Waals surface area contributed by atoms with Gasteiger partial charge in [0, 0.05) is 24.7 Å². The molecule has 0 heterocycles. The van der Waals surface area contributed by atoms with E-state index in [9.17, 15) is 0 Å². The van der Waals surface area contributed by atoms with Crippen molar-refractivity contribution in [2.75, 3.05) is 19.7 Å². The molecule has 2 rings (SSSR count). The monoisotopic (exact) mass is 341 g/mol. The number of halogens is 1. The summed E-state index contributed by atoms with van der Waals surface area (Å²) in [7, 11) is 0. The molecular formula is C21H24ClNO. The fourth-order valence-electron chi connectivity index (χ4n) is 2.50. The largest absolute Gasteiger partial charge is 0.500 e. The molecule has 0 spiro atoms. The first kappa shape index (κ1) is 18.3. The second-order valence-corrected chi connectivity index (χ2v) is 6.10. The molecule has 0 bridgehead atoms. The third-order valence-electron chi connectivity index (χ3n) is 3.87. The second kappa shape index (κ2) is 9.96. The van der Waals surface area contributed by atoms with Gasteiger partial charge < -0.3 is 4.74 Å². The van der Waals surface area contributed by atoms with Gasteiger partial charge >= 0.3 is 0 Å². The van der Waals surface area contributed by atoms with Crippen LogP contribution in [0.3, 0.4) is 0 Å². The Hall–Kier alpha value is -2.03. The Bertz CT molecular complexity index is 637. The lowest BCUT2D eigenvalue weighted by Crippen LogP contribution is -2.28. The molecule has 0 aliphatic heterocycles. The zero-order chi connectivity index (χ0) is 17.2. The Morgan fingerprint density at radius 1 is 1.04 bits per heavy atom. The van der Waals surface area contributed by atoms with Crippen molar-refractivity contribution >= 4 is 17.2 Å². The number of hydrogen-bond acceptors (Lipinski definition) is 2.